The van der Waals surface area contributed by atoms with Crippen molar-refractivity contribution < 1.29 is 14.5 Å². The van der Waals surface area contributed by atoms with Crippen molar-refractivity contribution in [3.05, 3.63) is 33.9 Å². The maximum Gasteiger partial charge on any atom is 0.411 e. The van der Waals surface area contributed by atoms with Crippen molar-refractivity contribution in [2.24, 2.45) is 0 Å². The van der Waals surface area contributed by atoms with Crippen LogP contribution < -0.4 is 5.32 Å². The second kappa shape index (κ2) is 5.29. The smallest absolute Gasteiger partial charge is 0.411 e. The van der Waals surface area contributed by atoms with Gasteiger partial charge >= 0.3 is 6.09 Å². The molecular weight excluding hydrogens is 224 g/mol. The van der Waals surface area contributed by atoms with Crippen molar-refractivity contribution in [1.29, 1.82) is 0 Å². The van der Waals surface area contributed by atoms with Crippen LogP contribution in [0.2, 0.25) is 0 Å². The van der Waals surface area contributed by atoms with E-state index in [-0.39, 0.29) is 11.8 Å². The summed E-state index contributed by atoms with van der Waals surface area (Å²) in [6, 6.07) is 4.46. The van der Waals surface area contributed by atoms with Crippen molar-refractivity contribution in [3.8, 4) is 0 Å². The number of ether oxygens (including phenoxy) is 1. The number of nitrogens with zero attached hydrogens (tertiary/aromatic N) is 1. The number of rotatable bonds is 3. The van der Waals surface area contributed by atoms with Crippen LogP contribution in [0.3, 0.4) is 0 Å². The van der Waals surface area contributed by atoms with E-state index in [9.17, 15) is 14.9 Å². The van der Waals surface area contributed by atoms with Crippen LogP contribution in [0.1, 0.15) is 19.4 Å². The van der Waals surface area contributed by atoms with Crippen molar-refractivity contribution in [1.82, 2.24) is 0 Å². The van der Waals surface area contributed by atoms with E-state index >= 15 is 0 Å². The van der Waals surface area contributed by atoms with Gasteiger partial charge in [-0.2, -0.15) is 0 Å². The first-order chi connectivity index (χ1) is 7.90. The van der Waals surface area contributed by atoms with E-state index in [1.54, 1.807) is 32.9 Å². The predicted molar refractivity (Wildman–Crippen MR) is 63.1 cm³/mol. The van der Waals surface area contributed by atoms with Gasteiger partial charge < -0.3 is 4.74 Å². The summed E-state index contributed by atoms with van der Waals surface area (Å²) < 4.78 is 4.86. The summed E-state index contributed by atoms with van der Waals surface area (Å²) >= 11 is 0. The molecule has 0 aliphatic rings. The molecule has 1 aromatic carbocycles. The number of hydrogen-bond acceptors (Lipinski definition) is 4. The average Bonchev–Trinajstić information content (AvgIpc) is 2.19. The van der Waals surface area contributed by atoms with E-state index < -0.39 is 11.0 Å². The molecule has 1 N–H and O–H groups in total. The molecule has 0 bridgehead atoms. The predicted octanol–water partition coefficient (Wildman–Crippen LogP) is 2.86. The van der Waals surface area contributed by atoms with Crippen molar-refractivity contribution in [3.63, 3.8) is 0 Å². The normalized spacial score (nSPS) is 10.1. The first kappa shape index (κ1) is 13.0. The van der Waals surface area contributed by atoms with Gasteiger partial charge in [0.1, 0.15) is 0 Å². The van der Waals surface area contributed by atoms with Crippen LogP contribution >= 0.6 is 0 Å². The number of amides is 1. The topological polar surface area (TPSA) is 81.5 Å². The molecule has 1 aromatic rings. The number of benzene rings is 1. The molecule has 1 rings (SSSR count). The molecule has 0 unspecified atom stereocenters. The van der Waals surface area contributed by atoms with Crippen LogP contribution in [0.4, 0.5) is 16.2 Å². The van der Waals surface area contributed by atoms with Crippen LogP contribution in [-0.4, -0.2) is 17.1 Å². The Morgan fingerprint density at radius 3 is 2.65 bits per heavy atom. The number of carbonyl (C=O) groups is 1. The highest BCUT2D eigenvalue weighted by atomic mass is 16.6. The fraction of sp³-hybridized carbons (Fsp3) is 0.364. The van der Waals surface area contributed by atoms with Gasteiger partial charge in [0.2, 0.25) is 0 Å². The van der Waals surface area contributed by atoms with Gasteiger partial charge in [0.05, 0.1) is 16.7 Å². The number of nitro benzene ring substituents is 1. The highest BCUT2D eigenvalue weighted by Crippen LogP contribution is 2.22. The van der Waals surface area contributed by atoms with E-state index in [2.05, 4.69) is 5.32 Å². The lowest BCUT2D eigenvalue weighted by atomic mass is 10.2. The number of nitrogens with one attached hydrogen (secondary N) is 1. The van der Waals surface area contributed by atoms with Gasteiger partial charge in [-0.15, -0.1) is 0 Å². The molecule has 0 radical (unpaired) electrons. The molecule has 0 atom stereocenters. The minimum Gasteiger partial charge on any atom is -0.447 e. The third-order valence-corrected chi connectivity index (χ3v) is 1.99. The number of aryl methyl sites for hydroxylation is 1. The maximum absolute atomic E-state index is 11.3. The molecule has 0 saturated carbocycles. The molecule has 0 saturated heterocycles. The molecule has 0 aliphatic carbocycles. The van der Waals surface area contributed by atoms with Gasteiger partial charge in [-0.3, -0.25) is 15.4 Å². The zero-order chi connectivity index (χ0) is 13.0. The second-order valence-corrected chi connectivity index (χ2v) is 3.84. The van der Waals surface area contributed by atoms with Crippen LogP contribution in [-0.2, 0) is 4.74 Å². The Morgan fingerprint density at radius 1 is 1.47 bits per heavy atom. The summed E-state index contributed by atoms with van der Waals surface area (Å²) in [4.78, 5) is 21.5. The van der Waals surface area contributed by atoms with E-state index in [4.69, 9.17) is 4.74 Å². The second-order valence-electron chi connectivity index (χ2n) is 3.84. The lowest BCUT2D eigenvalue weighted by Gasteiger charge is -2.09. The summed E-state index contributed by atoms with van der Waals surface area (Å²) in [5, 5.41) is 13.1. The highest BCUT2D eigenvalue weighted by molar-refractivity contribution is 5.85. The van der Waals surface area contributed by atoms with Gasteiger partial charge in [-0.25, -0.2) is 4.79 Å². The highest BCUT2D eigenvalue weighted by Gasteiger charge is 2.13. The number of hydrogen-bond donors (Lipinski definition) is 1. The van der Waals surface area contributed by atoms with Crippen LogP contribution in [0.25, 0.3) is 0 Å². The number of carbonyl (C=O) groups excluding carboxylic acids is 1. The molecular formula is C11H14N2O4. The monoisotopic (exact) mass is 238 g/mol. The Balaban J connectivity index is 2.82. The molecule has 17 heavy (non-hydrogen) atoms. The third-order valence-electron chi connectivity index (χ3n) is 1.99. The lowest BCUT2D eigenvalue weighted by Crippen LogP contribution is -2.18. The van der Waals surface area contributed by atoms with Gasteiger partial charge in [0.25, 0.3) is 5.69 Å². The SMILES string of the molecule is Cc1ccc(NC(=O)OC(C)C)cc1[N+](=O)[O-]. The summed E-state index contributed by atoms with van der Waals surface area (Å²) in [5.74, 6) is 0. The molecule has 0 aliphatic heterocycles. The largest absolute Gasteiger partial charge is 0.447 e. The van der Waals surface area contributed by atoms with Gasteiger partial charge in [0, 0.05) is 11.6 Å². The van der Waals surface area contributed by atoms with Crippen molar-refractivity contribution in [2.45, 2.75) is 26.9 Å². The molecule has 1 amide bonds. The van der Waals surface area contributed by atoms with Crippen molar-refractivity contribution in [2.75, 3.05) is 5.32 Å². The van der Waals surface area contributed by atoms with Gasteiger partial charge in [0.15, 0.2) is 0 Å². The van der Waals surface area contributed by atoms with E-state index in [0.29, 0.717) is 11.3 Å². The zero-order valence-electron chi connectivity index (χ0n) is 9.89. The Bertz CT molecular complexity index is 443. The molecule has 0 heterocycles. The minimum absolute atomic E-state index is 0.0349. The standard InChI is InChI=1S/C11H14N2O4/c1-7(2)17-11(14)12-9-5-4-8(3)10(6-9)13(15)16/h4-7H,1-3H3,(H,12,14). The maximum atomic E-state index is 11.3. The van der Waals surface area contributed by atoms with Gasteiger partial charge in [-0.05, 0) is 26.8 Å². The Morgan fingerprint density at radius 2 is 2.12 bits per heavy atom. The summed E-state index contributed by atoms with van der Waals surface area (Å²) in [7, 11) is 0. The number of nitro groups is 1. The Kier molecular flexibility index (Phi) is 4.03. The first-order valence-corrected chi connectivity index (χ1v) is 5.13. The molecule has 0 fully saturated rings. The molecule has 0 spiro atoms. The van der Waals surface area contributed by atoms with Gasteiger partial charge in [-0.1, -0.05) is 6.07 Å². The quantitative estimate of drug-likeness (QED) is 0.648. The summed E-state index contributed by atoms with van der Waals surface area (Å²) in [6.45, 7) is 5.07. The van der Waals surface area contributed by atoms with E-state index in [1.165, 1.54) is 6.07 Å². The zero-order valence-corrected chi connectivity index (χ0v) is 9.89. The number of anilines is 1. The first-order valence-electron chi connectivity index (χ1n) is 5.13. The minimum atomic E-state index is -0.627. The average molecular weight is 238 g/mol. The van der Waals surface area contributed by atoms with Crippen molar-refractivity contribution >= 4 is 17.5 Å². The Labute approximate surface area is 98.7 Å². The molecule has 92 valence electrons. The third kappa shape index (κ3) is 3.75. The van der Waals surface area contributed by atoms with Crippen LogP contribution in [0.5, 0.6) is 0 Å². The van der Waals surface area contributed by atoms with Crippen LogP contribution in [0, 0.1) is 17.0 Å². The van der Waals surface area contributed by atoms with E-state index in [0.717, 1.165) is 0 Å². The van der Waals surface area contributed by atoms with Crippen LogP contribution in [0.15, 0.2) is 18.2 Å². The summed E-state index contributed by atoms with van der Waals surface area (Å²) in [5.41, 5.74) is 0.845. The molecule has 6 heteroatoms. The fourth-order valence-electron chi connectivity index (χ4n) is 1.25. The lowest BCUT2D eigenvalue weighted by molar-refractivity contribution is -0.385. The Hall–Kier alpha value is -2.11. The van der Waals surface area contributed by atoms with E-state index in [1.807, 2.05) is 0 Å². The fourth-order valence-corrected chi connectivity index (χ4v) is 1.25. The molecule has 6 nitrogen and oxygen atoms in total. The molecule has 0 aromatic heterocycles. The summed E-state index contributed by atoms with van der Waals surface area (Å²) in [6.07, 6.45) is -0.867.